The van der Waals surface area contributed by atoms with E-state index in [9.17, 15) is 9.59 Å². The van der Waals surface area contributed by atoms with Crippen molar-refractivity contribution in [3.63, 3.8) is 0 Å². The minimum absolute atomic E-state index is 0.0385. The van der Waals surface area contributed by atoms with E-state index in [0.29, 0.717) is 19.1 Å². The van der Waals surface area contributed by atoms with E-state index in [0.717, 1.165) is 31.2 Å². The molecule has 5 nitrogen and oxygen atoms in total. The second kappa shape index (κ2) is 9.42. The zero-order valence-corrected chi connectivity index (χ0v) is 14.6. The van der Waals surface area contributed by atoms with Crippen molar-refractivity contribution in [2.45, 2.75) is 51.6 Å². The topological polar surface area (TPSA) is 67.4 Å². The van der Waals surface area contributed by atoms with Gasteiger partial charge in [0.25, 0.3) is 0 Å². The predicted octanol–water partition coefficient (Wildman–Crippen LogP) is 2.58. The van der Waals surface area contributed by atoms with E-state index in [1.54, 1.807) is 0 Å². The Hall–Kier alpha value is -1.88. The fraction of sp³-hybridized carbons (Fsp3) is 0.579. The molecule has 1 aromatic rings. The predicted molar refractivity (Wildman–Crippen MR) is 93.4 cm³/mol. The lowest BCUT2D eigenvalue weighted by Gasteiger charge is -2.23. The van der Waals surface area contributed by atoms with Crippen LogP contribution in [0.5, 0.6) is 0 Å². The number of amides is 1. The molecule has 0 aromatic heterocycles. The summed E-state index contributed by atoms with van der Waals surface area (Å²) < 4.78 is 5.44. The summed E-state index contributed by atoms with van der Waals surface area (Å²) in [5.74, 6) is 0.121. The third-order valence-electron chi connectivity index (χ3n) is 4.21. The van der Waals surface area contributed by atoms with Crippen LogP contribution in [0.15, 0.2) is 30.3 Å². The second-order valence-corrected chi connectivity index (χ2v) is 6.70. The summed E-state index contributed by atoms with van der Waals surface area (Å²) in [6, 6.07) is 8.47. The molecule has 0 bridgehead atoms. The monoisotopic (exact) mass is 332 g/mol. The number of ether oxygens (including phenoxy) is 1. The third kappa shape index (κ3) is 5.64. The molecule has 1 amide bonds. The largest absolute Gasteiger partial charge is 0.464 e. The van der Waals surface area contributed by atoms with E-state index in [4.69, 9.17) is 4.74 Å². The maximum Gasteiger partial charge on any atom is 0.327 e. The van der Waals surface area contributed by atoms with Gasteiger partial charge in [0.15, 0.2) is 0 Å². The summed E-state index contributed by atoms with van der Waals surface area (Å²) in [7, 11) is 0. The van der Waals surface area contributed by atoms with E-state index in [1.165, 1.54) is 0 Å². The highest BCUT2D eigenvalue weighted by Crippen LogP contribution is 2.18. The van der Waals surface area contributed by atoms with Crippen LogP contribution in [0, 0.1) is 5.92 Å². The van der Waals surface area contributed by atoms with Crippen LogP contribution < -0.4 is 10.6 Å². The minimum atomic E-state index is -0.618. The van der Waals surface area contributed by atoms with Crippen LogP contribution in [0.3, 0.4) is 0 Å². The first-order valence-electron chi connectivity index (χ1n) is 8.83. The number of carbonyl (C=O) groups is 2. The Morgan fingerprint density at radius 2 is 2.04 bits per heavy atom. The number of hydrogen-bond acceptors (Lipinski definition) is 4. The number of benzene rings is 1. The summed E-state index contributed by atoms with van der Waals surface area (Å²) in [5.41, 5.74) is 0.823. The van der Waals surface area contributed by atoms with Crippen LogP contribution in [-0.2, 0) is 14.3 Å². The van der Waals surface area contributed by atoms with Crippen molar-refractivity contribution in [1.82, 2.24) is 10.6 Å². The van der Waals surface area contributed by atoms with Crippen molar-refractivity contribution in [1.29, 1.82) is 0 Å². The van der Waals surface area contributed by atoms with Gasteiger partial charge in [-0.1, -0.05) is 44.2 Å². The third-order valence-corrected chi connectivity index (χ3v) is 4.21. The zero-order valence-electron chi connectivity index (χ0n) is 14.6. The molecule has 0 radical (unpaired) electrons. The van der Waals surface area contributed by atoms with Gasteiger partial charge in [-0.3, -0.25) is 10.1 Å². The summed E-state index contributed by atoms with van der Waals surface area (Å²) in [6.45, 7) is 5.29. The molecule has 2 atom stereocenters. The van der Waals surface area contributed by atoms with Gasteiger partial charge in [0.2, 0.25) is 5.91 Å². The van der Waals surface area contributed by atoms with Crippen LogP contribution in [0.1, 0.15) is 51.1 Å². The standard InChI is InChI=1S/C19H28N2O3/c1-14(2)11-13-24-19(23)17(15-8-4-3-5-9-15)21-16-10-6-7-12-20-18(16)22/h3-5,8-9,14,16-17,21H,6-7,10-13H2,1-2H3,(H,20,22). The SMILES string of the molecule is CC(C)CCOC(=O)C(NC1CCCCNC1=O)c1ccccc1. The lowest BCUT2D eigenvalue weighted by molar-refractivity contribution is -0.147. The zero-order chi connectivity index (χ0) is 17.4. The molecule has 1 fully saturated rings. The Bertz CT molecular complexity index is 531. The number of esters is 1. The molecule has 1 aromatic carbocycles. The summed E-state index contributed by atoms with van der Waals surface area (Å²) >= 11 is 0. The molecule has 1 saturated heterocycles. The Morgan fingerprint density at radius 1 is 1.29 bits per heavy atom. The molecule has 0 aliphatic carbocycles. The quantitative estimate of drug-likeness (QED) is 0.753. The summed E-state index contributed by atoms with van der Waals surface area (Å²) in [4.78, 5) is 24.8. The Labute approximate surface area is 144 Å². The lowest BCUT2D eigenvalue weighted by Crippen LogP contribution is -2.46. The highest BCUT2D eigenvalue weighted by atomic mass is 16.5. The van der Waals surface area contributed by atoms with Crippen molar-refractivity contribution >= 4 is 11.9 Å². The van der Waals surface area contributed by atoms with E-state index in [-0.39, 0.29) is 17.9 Å². The molecule has 0 saturated carbocycles. The van der Waals surface area contributed by atoms with E-state index < -0.39 is 6.04 Å². The molecule has 132 valence electrons. The van der Waals surface area contributed by atoms with Crippen molar-refractivity contribution in [3.05, 3.63) is 35.9 Å². The first-order chi connectivity index (χ1) is 11.6. The molecule has 1 aliphatic rings. The lowest BCUT2D eigenvalue weighted by atomic mass is 10.0. The van der Waals surface area contributed by atoms with Crippen molar-refractivity contribution < 1.29 is 14.3 Å². The van der Waals surface area contributed by atoms with Gasteiger partial charge in [-0.2, -0.15) is 0 Å². The van der Waals surface area contributed by atoms with Gasteiger partial charge < -0.3 is 10.1 Å². The first-order valence-corrected chi connectivity index (χ1v) is 8.83. The minimum Gasteiger partial charge on any atom is -0.464 e. The molecule has 0 spiro atoms. The van der Waals surface area contributed by atoms with E-state index >= 15 is 0 Å². The van der Waals surface area contributed by atoms with Gasteiger partial charge in [-0.05, 0) is 37.2 Å². The number of rotatable bonds is 7. The number of nitrogens with one attached hydrogen (secondary N) is 2. The van der Waals surface area contributed by atoms with Crippen molar-refractivity contribution in [3.8, 4) is 0 Å². The molecular weight excluding hydrogens is 304 g/mol. The molecule has 24 heavy (non-hydrogen) atoms. The van der Waals surface area contributed by atoms with Crippen LogP contribution in [0.4, 0.5) is 0 Å². The molecule has 2 rings (SSSR count). The van der Waals surface area contributed by atoms with Gasteiger partial charge in [0.1, 0.15) is 6.04 Å². The normalized spacial score (nSPS) is 19.5. The van der Waals surface area contributed by atoms with E-state index in [1.807, 2.05) is 30.3 Å². The van der Waals surface area contributed by atoms with Gasteiger partial charge in [-0.25, -0.2) is 4.79 Å². The number of hydrogen-bond donors (Lipinski definition) is 2. The van der Waals surface area contributed by atoms with Gasteiger partial charge >= 0.3 is 5.97 Å². The van der Waals surface area contributed by atoms with Crippen LogP contribution in [0.25, 0.3) is 0 Å². The van der Waals surface area contributed by atoms with Gasteiger partial charge in [0.05, 0.1) is 12.6 Å². The van der Waals surface area contributed by atoms with Crippen LogP contribution >= 0.6 is 0 Å². The highest BCUT2D eigenvalue weighted by Gasteiger charge is 2.29. The molecule has 1 aliphatic heterocycles. The Balaban J connectivity index is 2.07. The highest BCUT2D eigenvalue weighted by molar-refractivity contribution is 5.84. The fourth-order valence-corrected chi connectivity index (χ4v) is 2.72. The Morgan fingerprint density at radius 3 is 2.75 bits per heavy atom. The van der Waals surface area contributed by atoms with Crippen molar-refractivity contribution in [2.24, 2.45) is 5.92 Å². The van der Waals surface area contributed by atoms with Crippen molar-refractivity contribution in [2.75, 3.05) is 13.2 Å². The smallest absolute Gasteiger partial charge is 0.327 e. The summed E-state index contributed by atoms with van der Waals surface area (Å²) in [6.07, 6.45) is 3.49. The molecule has 2 unspecified atom stereocenters. The van der Waals surface area contributed by atoms with Gasteiger partial charge in [-0.15, -0.1) is 0 Å². The molecule has 5 heteroatoms. The maximum atomic E-state index is 12.6. The molecule has 1 heterocycles. The molecular formula is C19H28N2O3. The average Bonchev–Trinajstić information content (AvgIpc) is 2.77. The number of carbonyl (C=O) groups excluding carboxylic acids is 2. The Kier molecular flexibility index (Phi) is 7.25. The van der Waals surface area contributed by atoms with E-state index in [2.05, 4.69) is 24.5 Å². The maximum absolute atomic E-state index is 12.6. The second-order valence-electron chi connectivity index (χ2n) is 6.70. The van der Waals surface area contributed by atoms with Gasteiger partial charge in [0, 0.05) is 6.54 Å². The fourth-order valence-electron chi connectivity index (χ4n) is 2.72. The van der Waals surface area contributed by atoms with Crippen LogP contribution in [-0.4, -0.2) is 31.1 Å². The molecule has 2 N–H and O–H groups in total. The summed E-state index contributed by atoms with van der Waals surface area (Å²) in [5, 5.41) is 6.11. The van der Waals surface area contributed by atoms with Crippen LogP contribution in [0.2, 0.25) is 0 Å². The first kappa shape index (κ1) is 18.5. The average molecular weight is 332 g/mol.